The van der Waals surface area contributed by atoms with E-state index in [2.05, 4.69) is 11.1 Å². The van der Waals surface area contributed by atoms with Crippen LogP contribution in [0.2, 0.25) is 0 Å². The van der Waals surface area contributed by atoms with Gasteiger partial charge in [-0.25, -0.2) is 4.79 Å². The van der Waals surface area contributed by atoms with Crippen molar-refractivity contribution in [1.82, 2.24) is 9.88 Å². The van der Waals surface area contributed by atoms with Crippen LogP contribution in [0.15, 0.2) is 36.5 Å². The van der Waals surface area contributed by atoms with Crippen LogP contribution < -0.4 is 4.74 Å². The molecule has 178 valence electrons. The number of fused-ring (bicyclic) bond motifs is 1. The molecule has 2 unspecified atom stereocenters. The van der Waals surface area contributed by atoms with Crippen molar-refractivity contribution in [3.8, 4) is 17.0 Å². The van der Waals surface area contributed by atoms with E-state index in [0.29, 0.717) is 11.7 Å². The number of piperidine rings is 1. The molecule has 2 aliphatic heterocycles. The molecule has 2 atom stereocenters. The van der Waals surface area contributed by atoms with Crippen LogP contribution in [0.5, 0.6) is 5.75 Å². The molecule has 0 bridgehead atoms. The third-order valence-electron chi connectivity index (χ3n) is 6.88. The number of likely N-dealkylation sites (tertiary alicyclic amines) is 1. The quantitative estimate of drug-likeness (QED) is 0.663. The van der Waals surface area contributed by atoms with Crippen LogP contribution in [-0.2, 0) is 27.7 Å². The van der Waals surface area contributed by atoms with Gasteiger partial charge in [-0.15, -0.1) is 0 Å². The lowest BCUT2D eigenvalue weighted by Crippen LogP contribution is -2.43. The first kappa shape index (κ1) is 23.7. The van der Waals surface area contributed by atoms with Gasteiger partial charge < -0.3 is 19.8 Å². The number of aromatic nitrogens is 1. The van der Waals surface area contributed by atoms with Gasteiger partial charge in [-0.1, -0.05) is 24.3 Å². The molecule has 1 amide bonds. The van der Waals surface area contributed by atoms with Crippen molar-refractivity contribution >= 4 is 16.9 Å². The second kappa shape index (κ2) is 9.43. The smallest absolute Gasteiger partial charge is 0.410 e. The lowest BCUT2D eigenvalue weighted by molar-refractivity contribution is 0.0379. The zero-order valence-electron chi connectivity index (χ0n) is 19.2. The fraction of sp³-hybridized carbons (Fsp3) is 0.520. The average Bonchev–Trinajstić information content (AvgIpc) is 3.34. The van der Waals surface area contributed by atoms with Crippen molar-refractivity contribution in [2.24, 2.45) is 5.92 Å². The van der Waals surface area contributed by atoms with Gasteiger partial charge in [0.25, 0.3) is 0 Å². The van der Waals surface area contributed by atoms with Gasteiger partial charge >= 0.3 is 6.09 Å². The van der Waals surface area contributed by atoms with Gasteiger partial charge in [0.05, 0.1) is 11.9 Å². The average molecular weight is 473 g/mol. The van der Waals surface area contributed by atoms with E-state index in [4.69, 9.17) is 9.47 Å². The fourth-order valence-electron chi connectivity index (χ4n) is 4.61. The summed E-state index contributed by atoms with van der Waals surface area (Å²) in [4.78, 5) is 18.8. The highest BCUT2D eigenvalue weighted by atomic mass is 32.2. The zero-order valence-corrected chi connectivity index (χ0v) is 20.0. The fourth-order valence-corrected chi connectivity index (χ4v) is 5.27. The number of pyridine rings is 1. The molecule has 3 aliphatic rings. The molecule has 2 fully saturated rings. The summed E-state index contributed by atoms with van der Waals surface area (Å²) in [5.41, 5.74) is 4.04. The second-order valence-corrected chi connectivity index (χ2v) is 11.0. The lowest BCUT2D eigenvalue weighted by atomic mass is 9.89. The molecule has 7 nitrogen and oxygen atoms in total. The van der Waals surface area contributed by atoms with Crippen molar-refractivity contribution in [2.45, 2.75) is 56.5 Å². The first-order chi connectivity index (χ1) is 15.4. The molecule has 1 aliphatic carbocycles. The largest absolute Gasteiger partial charge is 0.488 e. The van der Waals surface area contributed by atoms with Crippen LogP contribution in [0.25, 0.3) is 11.3 Å². The van der Waals surface area contributed by atoms with Crippen molar-refractivity contribution in [3.63, 3.8) is 0 Å². The standard InChI is InChI=1S/C25H30N2O4S.H2O/c1-25(9-10-25)31-24(28)27-11-7-19(8-12-27)22-14-20-13-21(26-15-23(20)30-22)18-5-3-17(4-6-18)16-32(2)29;/h3-6,13,15,19,22H,7-12,14,16H2,1-2H3;1H2. The van der Waals surface area contributed by atoms with Gasteiger partial charge in [-0.3, -0.25) is 9.19 Å². The molecule has 3 heterocycles. The Labute approximate surface area is 197 Å². The third kappa shape index (κ3) is 5.38. The Morgan fingerprint density at radius 2 is 1.94 bits per heavy atom. The van der Waals surface area contributed by atoms with E-state index < -0.39 is 10.8 Å². The topological polar surface area (TPSA) is 100 Å². The highest BCUT2D eigenvalue weighted by molar-refractivity contribution is 7.83. The van der Waals surface area contributed by atoms with Gasteiger partial charge in [0, 0.05) is 53.4 Å². The summed E-state index contributed by atoms with van der Waals surface area (Å²) in [7, 11) is -0.842. The molecule has 5 rings (SSSR count). The third-order valence-corrected chi connectivity index (χ3v) is 7.62. The van der Waals surface area contributed by atoms with Crippen LogP contribution in [-0.4, -0.2) is 56.7 Å². The van der Waals surface area contributed by atoms with Crippen LogP contribution in [0.1, 0.15) is 43.7 Å². The van der Waals surface area contributed by atoms with E-state index in [1.165, 1.54) is 5.56 Å². The molecule has 1 saturated heterocycles. The molecule has 1 aromatic carbocycles. The summed E-state index contributed by atoms with van der Waals surface area (Å²) in [5, 5.41) is 0. The van der Waals surface area contributed by atoms with Crippen molar-refractivity contribution < 1.29 is 24.0 Å². The van der Waals surface area contributed by atoms with Gasteiger partial charge in [-0.2, -0.15) is 0 Å². The number of amides is 1. The zero-order chi connectivity index (χ0) is 22.3. The Morgan fingerprint density at radius 1 is 1.24 bits per heavy atom. The van der Waals surface area contributed by atoms with Crippen molar-refractivity contribution in [3.05, 3.63) is 47.7 Å². The summed E-state index contributed by atoms with van der Waals surface area (Å²) >= 11 is 0. The summed E-state index contributed by atoms with van der Waals surface area (Å²) < 4.78 is 23.3. The molecular weight excluding hydrogens is 440 g/mol. The first-order valence-electron chi connectivity index (χ1n) is 11.4. The van der Waals surface area contributed by atoms with E-state index in [1.54, 1.807) is 6.26 Å². The molecule has 33 heavy (non-hydrogen) atoms. The maximum atomic E-state index is 12.4. The Balaban J connectivity index is 0.00000259. The molecule has 1 saturated carbocycles. The van der Waals surface area contributed by atoms with Crippen molar-refractivity contribution in [1.29, 1.82) is 0 Å². The SMILES string of the molecule is CS(=O)Cc1ccc(-c2cc3c(cn2)OC(C2CCN(C(=O)OC4(C)CC4)CC2)C3)cc1.O. The van der Waals surface area contributed by atoms with Gasteiger partial charge in [-0.05, 0) is 50.2 Å². The van der Waals surface area contributed by atoms with Gasteiger partial charge in [0.2, 0.25) is 0 Å². The molecule has 0 radical (unpaired) electrons. The number of benzene rings is 1. The summed E-state index contributed by atoms with van der Waals surface area (Å²) in [6, 6.07) is 10.3. The minimum atomic E-state index is -0.842. The predicted octanol–water partition coefficient (Wildman–Crippen LogP) is 3.51. The molecule has 0 spiro atoms. The minimum absolute atomic E-state index is 0. The number of carbonyl (C=O) groups excluding carboxylic acids is 1. The monoisotopic (exact) mass is 472 g/mol. The first-order valence-corrected chi connectivity index (χ1v) is 13.1. The Morgan fingerprint density at radius 3 is 2.58 bits per heavy atom. The Hall–Kier alpha value is -2.45. The number of rotatable bonds is 5. The Bertz CT molecular complexity index is 1030. The number of carbonyl (C=O) groups is 1. The predicted molar refractivity (Wildman–Crippen MR) is 128 cm³/mol. The lowest BCUT2D eigenvalue weighted by Gasteiger charge is -2.34. The van der Waals surface area contributed by atoms with Crippen LogP contribution in [0, 0.1) is 5.92 Å². The molecular formula is C25H32N2O5S. The highest BCUT2D eigenvalue weighted by Crippen LogP contribution is 2.40. The van der Waals surface area contributed by atoms with Crippen LogP contribution >= 0.6 is 0 Å². The van der Waals surface area contributed by atoms with Gasteiger partial charge in [0.15, 0.2) is 0 Å². The molecule has 2 N–H and O–H groups in total. The van der Waals surface area contributed by atoms with Crippen molar-refractivity contribution in [2.75, 3.05) is 19.3 Å². The summed E-state index contributed by atoms with van der Waals surface area (Å²) in [6.07, 6.45) is 8.23. The molecule has 8 heteroatoms. The van der Waals surface area contributed by atoms with E-state index >= 15 is 0 Å². The minimum Gasteiger partial charge on any atom is -0.488 e. The Kier molecular flexibility index (Phi) is 6.77. The van der Waals surface area contributed by atoms with E-state index in [1.807, 2.05) is 42.3 Å². The molecule has 1 aromatic heterocycles. The summed E-state index contributed by atoms with van der Waals surface area (Å²) in [6.45, 7) is 3.47. The maximum absolute atomic E-state index is 12.4. The number of ether oxygens (including phenoxy) is 2. The van der Waals surface area contributed by atoms with E-state index in [9.17, 15) is 9.00 Å². The highest BCUT2D eigenvalue weighted by Gasteiger charge is 2.43. The second-order valence-electron chi connectivity index (χ2n) is 9.59. The number of hydrogen-bond acceptors (Lipinski definition) is 5. The maximum Gasteiger partial charge on any atom is 0.410 e. The number of nitrogens with zero attached hydrogens (tertiary/aromatic N) is 2. The number of hydrogen-bond donors (Lipinski definition) is 0. The normalized spacial score (nSPS) is 22.0. The summed E-state index contributed by atoms with van der Waals surface area (Å²) in [5.74, 6) is 1.88. The van der Waals surface area contributed by atoms with Crippen LogP contribution in [0.4, 0.5) is 4.79 Å². The van der Waals surface area contributed by atoms with Gasteiger partial charge in [0.1, 0.15) is 17.5 Å². The van der Waals surface area contributed by atoms with E-state index in [-0.39, 0.29) is 23.3 Å². The van der Waals surface area contributed by atoms with Crippen LogP contribution in [0.3, 0.4) is 0 Å². The van der Waals surface area contributed by atoms with E-state index in [0.717, 1.165) is 67.8 Å². The molecule has 2 aromatic rings.